The predicted octanol–water partition coefficient (Wildman–Crippen LogP) is 3.51. The average molecular weight is 308 g/mol. The Kier molecular flexibility index (Phi) is 7.42. The zero-order valence-corrected chi connectivity index (χ0v) is 14.9. The maximum absolute atomic E-state index is 5.98. The van der Waals surface area contributed by atoms with Crippen LogP contribution in [0.25, 0.3) is 0 Å². The van der Waals surface area contributed by atoms with E-state index in [0.29, 0.717) is 18.5 Å². The van der Waals surface area contributed by atoms with Crippen LogP contribution in [0.1, 0.15) is 69.9 Å². The van der Waals surface area contributed by atoms with Gasteiger partial charge in [0.15, 0.2) is 5.96 Å². The SMILES string of the molecule is Cc1noc(C)c1C(C)CN=C(N)NC(C)CCCC(C)C. The molecule has 0 aromatic carbocycles. The third kappa shape index (κ3) is 6.08. The molecule has 5 heteroatoms. The van der Waals surface area contributed by atoms with Crippen molar-refractivity contribution < 1.29 is 4.52 Å². The monoisotopic (exact) mass is 308 g/mol. The van der Waals surface area contributed by atoms with Gasteiger partial charge in [0.2, 0.25) is 0 Å². The van der Waals surface area contributed by atoms with E-state index in [2.05, 4.69) is 43.2 Å². The van der Waals surface area contributed by atoms with Gasteiger partial charge in [-0.1, -0.05) is 38.8 Å². The lowest BCUT2D eigenvalue weighted by atomic mass is 10.00. The summed E-state index contributed by atoms with van der Waals surface area (Å²) in [5.41, 5.74) is 8.06. The van der Waals surface area contributed by atoms with E-state index < -0.39 is 0 Å². The molecule has 2 unspecified atom stereocenters. The highest BCUT2D eigenvalue weighted by molar-refractivity contribution is 5.78. The highest BCUT2D eigenvalue weighted by Gasteiger charge is 2.16. The van der Waals surface area contributed by atoms with E-state index in [1.165, 1.54) is 12.8 Å². The maximum Gasteiger partial charge on any atom is 0.188 e. The molecular weight excluding hydrogens is 276 g/mol. The fourth-order valence-corrected chi connectivity index (χ4v) is 2.72. The molecule has 1 aromatic heterocycles. The minimum atomic E-state index is 0.253. The maximum atomic E-state index is 5.98. The number of aliphatic imine (C=N–C) groups is 1. The number of nitrogens with one attached hydrogen (secondary N) is 1. The van der Waals surface area contributed by atoms with Gasteiger partial charge in [0.05, 0.1) is 5.69 Å². The molecule has 0 saturated heterocycles. The van der Waals surface area contributed by atoms with Crippen molar-refractivity contribution in [3.05, 3.63) is 17.0 Å². The first kappa shape index (κ1) is 18.5. The van der Waals surface area contributed by atoms with Crippen molar-refractivity contribution in [3.8, 4) is 0 Å². The molecule has 0 aliphatic heterocycles. The molecule has 0 aliphatic carbocycles. The van der Waals surface area contributed by atoms with Crippen LogP contribution < -0.4 is 11.1 Å². The summed E-state index contributed by atoms with van der Waals surface area (Å²) in [5.74, 6) is 2.40. The molecular formula is C17H32N4O. The predicted molar refractivity (Wildman–Crippen MR) is 92.2 cm³/mol. The van der Waals surface area contributed by atoms with Crippen LogP contribution in [0.15, 0.2) is 9.52 Å². The van der Waals surface area contributed by atoms with Crippen molar-refractivity contribution >= 4 is 5.96 Å². The van der Waals surface area contributed by atoms with Crippen LogP contribution in [0.2, 0.25) is 0 Å². The molecule has 0 saturated carbocycles. The van der Waals surface area contributed by atoms with Crippen LogP contribution in [0.4, 0.5) is 0 Å². The molecule has 22 heavy (non-hydrogen) atoms. The standard InChI is InChI=1S/C17H32N4O/c1-11(2)8-7-9-13(4)20-17(18)19-10-12(3)16-14(5)21-22-15(16)6/h11-13H,7-10H2,1-6H3,(H3,18,19,20). The summed E-state index contributed by atoms with van der Waals surface area (Å²) in [7, 11) is 0. The second-order valence-electron chi connectivity index (χ2n) is 6.73. The molecule has 0 bridgehead atoms. The van der Waals surface area contributed by atoms with E-state index in [9.17, 15) is 0 Å². The molecule has 5 nitrogen and oxygen atoms in total. The molecule has 0 fully saturated rings. The van der Waals surface area contributed by atoms with E-state index in [4.69, 9.17) is 10.3 Å². The summed E-state index contributed by atoms with van der Waals surface area (Å²) in [6, 6.07) is 0.358. The molecule has 2 atom stereocenters. The van der Waals surface area contributed by atoms with E-state index in [1.807, 2.05) is 13.8 Å². The molecule has 3 N–H and O–H groups in total. The average Bonchev–Trinajstić information content (AvgIpc) is 2.75. The number of aromatic nitrogens is 1. The second kappa shape index (κ2) is 8.81. The normalized spacial score (nSPS) is 15.1. The van der Waals surface area contributed by atoms with Gasteiger partial charge in [-0.3, -0.25) is 4.99 Å². The number of nitrogens with zero attached hydrogens (tertiary/aromatic N) is 2. The Morgan fingerprint density at radius 2 is 1.91 bits per heavy atom. The molecule has 0 amide bonds. The summed E-state index contributed by atoms with van der Waals surface area (Å²) in [5, 5.41) is 7.26. The van der Waals surface area contributed by atoms with Gasteiger partial charge in [0.25, 0.3) is 0 Å². The highest BCUT2D eigenvalue weighted by atomic mass is 16.5. The van der Waals surface area contributed by atoms with Gasteiger partial charge in [0, 0.05) is 24.1 Å². The molecule has 0 spiro atoms. The van der Waals surface area contributed by atoms with Gasteiger partial charge in [-0.15, -0.1) is 0 Å². The van der Waals surface area contributed by atoms with Gasteiger partial charge in [-0.2, -0.15) is 0 Å². The lowest BCUT2D eigenvalue weighted by Gasteiger charge is -2.16. The Morgan fingerprint density at radius 1 is 1.23 bits per heavy atom. The Balaban J connectivity index is 2.42. The smallest absolute Gasteiger partial charge is 0.188 e. The van der Waals surface area contributed by atoms with Crippen molar-refractivity contribution in [3.63, 3.8) is 0 Å². The van der Waals surface area contributed by atoms with E-state index in [1.54, 1.807) is 0 Å². The number of hydrogen-bond acceptors (Lipinski definition) is 3. The van der Waals surface area contributed by atoms with Crippen molar-refractivity contribution in [2.75, 3.05) is 6.54 Å². The molecule has 0 radical (unpaired) electrons. The van der Waals surface area contributed by atoms with Crippen LogP contribution in [0.3, 0.4) is 0 Å². The van der Waals surface area contributed by atoms with Crippen LogP contribution >= 0.6 is 0 Å². The first-order valence-electron chi connectivity index (χ1n) is 8.30. The van der Waals surface area contributed by atoms with Crippen molar-refractivity contribution in [1.82, 2.24) is 10.5 Å². The van der Waals surface area contributed by atoms with Crippen molar-refractivity contribution in [2.45, 2.75) is 72.8 Å². The minimum absolute atomic E-state index is 0.253. The number of hydrogen-bond donors (Lipinski definition) is 2. The molecule has 126 valence electrons. The quantitative estimate of drug-likeness (QED) is 0.569. The third-order valence-corrected chi connectivity index (χ3v) is 3.93. The fraction of sp³-hybridized carbons (Fsp3) is 0.765. The number of nitrogens with two attached hydrogens (primary N) is 1. The lowest BCUT2D eigenvalue weighted by molar-refractivity contribution is 0.391. The largest absolute Gasteiger partial charge is 0.370 e. The number of guanidine groups is 1. The van der Waals surface area contributed by atoms with Crippen LogP contribution in [-0.2, 0) is 0 Å². The van der Waals surface area contributed by atoms with Gasteiger partial charge in [-0.05, 0) is 33.1 Å². The van der Waals surface area contributed by atoms with Crippen LogP contribution in [0.5, 0.6) is 0 Å². The summed E-state index contributed by atoms with van der Waals surface area (Å²) >= 11 is 0. The lowest BCUT2D eigenvalue weighted by Crippen LogP contribution is -2.38. The number of aryl methyl sites for hydroxylation is 2. The zero-order valence-electron chi connectivity index (χ0n) is 14.9. The first-order chi connectivity index (χ1) is 10.3. The third-order valence-electron chi connectivity index (χ3n) is 3.93. The van der Waals surface area contributed by atoms with Crippen LogP contribution in [0, 0.1) is 19.8 Å². The van der Waals surface area contributed by atoms with Gasteiger partial charge < -0.3 is 15.6 Å². The Bertz CT molecular complexity index is 460. The zero-order chi connectivity index (χ0) is 16.7. The summed E-state index contributed by atoms with van der Waals surface area (Å²) < 4.78 is 5.21. The molecule has 1 rings (SSSR count). The van der Waals surface area contributed by atoms with E-state index in [-0.39, 0.29) is 5.92 Å². The number of rotatable bonds is 8. The Morgan fingerprint density at radius 3 is 2.45 bits per heavy atom. The summed E-state index contributed by atoms with van der Waals surface area (Å²) in [6.07, 6.45) is 3.59. The summed E-state index contributed by atoms with van der Waals surface area (Å²) in [4.78, 5) is 4.46. The first-order valence-corrected chi connectivity index (χ1v) is 8.30. The van der Waals surface area contributed by atoms with E-state index >= 15 is 0 Å². The van der Waals surface area contributed by atoms with Gasteiger partial charge in [0.1, 0.15) is 5.76 Å². The van der Waals surface area contributed by atoms with Crippen molar-refractivity contribution in [2.24, 2.45) is 16.6 Å². The summed E-state index contributed by atoms with van der Waals surface area (Å²) in [6.45, 7) is 13.3. The van der Waals surface area contributed by atoms with E-state index in [0.717, 1.165) is 29.4 Å². The van der Waals surface area contributed by atoms with Gasteiger partial charge in [-0.25, -0.2) is 0 Å². The Hall–Kier alpha value is -1.52. The highest BCUT2D eigenvalue weighted by Crippen LogP contribution is 2.23. The molecule has 0 aliphatic rings. The minimum Gasteiger partial charge on any atom is -0.370 e. The van der Waals surface area contributed by atoms with Gasteiger partial charge >= 0.3 is 0 Å². The second-order valence-corrected chi connectivity index (χ2v) is 6.73. The fourth-order valence-electron chi connectivity index (χ4n) is 2.72. The van der Waals surface area contributed by atoms with Crippen LogP contribution in [-0.4, -0.2) is 23.7 Å². The topological polar surface area (TPSA) is 76.4 Å². The Labute approximate surface area is 134 Å². The molecule has 1 heterocycles. The molecule has 1 aromatic rings. The van der Waals surface area contributed by atoms with Crippen molar-refractivity contribution in [1.29, 1.82) is 0 Å².